The van der Waals surface area contributed by atoms with Gasteiger partial charge < -0.3 is 0 Å². The second-order valence-electron chi connectivity index (χ2n) is 2.98. The van der Waals surface area contributed by atoms with E-state index < -0.39 is 11.0 Å². The van der Waals surface area contributed by atoms with Crippen molar-refractivity contribution in [3.05, 3.63) is 22.8 Å². The fourth-order valence-electron chi connectivity index (χ4n) is 0.791. The van der Waals surface area contributed by atoms with Crippen LogP contribution in [0.3, 0.4) is 0 Å². The van der Waals surface area contributed by atoms with Gasteiger partial charge in [-0.25, -0.2) is 9.19 Å². The van der Waals surface area contributed by atoms with E-state index in [0.717, 1.165) is 10.9 Å². The number of anilines is 1. The van der Waals surface area contributed by atoms with Crippen LogP contribution >= 0.6 is 15.9 Å². The van der Waals surface area contributed by atoms with Crippen LogP contribution in [-0.2, 0) is 11.0 Å². The van der Waals surface area contributed by atoms with Crippen LogP contribution in [0.2, 0.25) is 0 Å². The summed E-state index contributed by atoms with van der Waals surface area (Å²) in [6.07, 6.45) is 2.56. The number of pyridine rings is 1. The number of hydrogen-bond donors (Lipinski definition) is 1. The summed E-state index contributed by atoms with van der Waals surface area (Å²) in [7, 11) is -1.05. The smallest absolute Gasteiger partial charge is 0.137 e. The van der Waals surface area contributed by atoms with E-state index in [-0.39, 0.29) is 5.25 Å². The third kappa shape index (κ3) is 3.38. The van der Waals surface area contributed by atoms with Crippen molar-refractivity contribution in [2.75, 3.05) is 4.72 Å². The molecule has 0 fully saturated rings. The molecule has 0 aliphatic rings. The average Bonchev–Trinajstić information content (AvgIpc) is 2.20. The number of nitrogens with zero attached hydrogens (tertiary/aromatic N) is 1. The number of hydrogen-bond acceptors (Lipinski definition) is 2. The van der Waals surface area contributed by atoms with E-state index in [0.29, 0.717) is 5.82 Å². The van der Waals surface area contributed by atoms with Crippen LogP contribution in [0.25, 0.3) is 0 Å². The number of rotatable bonds is 4. The van der Waals surface area contributed by atoms with Gasteiger partial charge in [-0.05, 0) is 41.4 Å². The van der Waals surface area contributed by atoms with Gasteiger partial charge in [0.15, 0.2) is 0 Å². The van der Waals surface area contributed by atoms with Crippen molar-refractivity contribution >= 4 is 32.7 Å². The highest BCUT2D eigenvalue weighted by atomic mass is 79.9. The molecule has 5 heteroatoms. The lowest BCUT2D eigenvalue weighted by atomic mass is 10.4. The standard InChI is InChI=1S/C9H13BrN2OS/c1-3-7(2)14(13)12-9-5-4-8(10)6-11-9/h4-7H,3H2,1-2H3,(H,11,12). The van der Waals surface area contributed by atoms with Crippen molar-refractivity contribution in [2.24, 2.45) is 0 Å². The van der Waals surface area contributed by atoms with Crippen molar-refractivity contribution in [2.45, 2.75) is 25.5 Å². The molecule has 0 aliphatic heterocycles. The van der Waals surface area contributed by atoms with E-state index in [1.807, 2.05) is 19.9 Å². The molecule has 0 saturated heterocycles. The predicted molar refractivity (Wildman–Crippen MR) is 63.5 cm³/mol. The third-order valence-electron chi connectivity index (χ3n) is 1.87. The molecule has 1 aromatic heterocycles. The normalized spacial score (nSPS) is 14.8. The summed E-state index contributed by atoms with van der Waals surface area (Å²) in [5, 5.41) is 0.139. The molecular weight excluding hydrogens is 264 g/mol. The van der Waals surface area contributed by atoms with Gasteiger partial charge in [0, 0.05) is 10.7 Å². The van der Waals surface area contributed by atoms with Gasteiger partial charge in [0.1, 0.15) is 16.8 Å². The number of halogens is 1. The second kappa shape index (κ2) is 5.46. The Balaban J connectivity index is 2.60. The van der Waals surface area contributed by atoms with Crippen molar-refractivity contribution in [1.29, 1.82) is 0 Å². The molecule has 0 radical (unpaired) electrons. The molecule has 0 saturated carbocycles. The molecule has 1 heterocycles. The van der Waals surface area contributed by atoms with E-state index in [4.69, 9.17) is 0 Å². The molecule has 1 N–H and O–H groups in total. The van der Waals surface area contributed by atoms with Crippen LogP contribution < -0.4 is 4.72 Å². The summed E-state index contributed by atoms with van der Waals surface area (Å²) in [5.74, 6) is 0.645. The minimum Gasteiger partial charge on any atom is -0.289 e. The van der Waals surface area contributed by atoms with E-state index >= 15 is 0 Å². The molecule has 1 rings (SSSR count). The van der Waals surface area contributed by atoms with Crippen LogP contribution in [0.5, 0.6) is 0 Å². The van der Waals surface area contributed by atoms with Crippen molar-refractivity contribution in [1.82, 2.24) is 4.98 Å². The highest BCUT2D eigenvalue weighted by molar-refractivity contribution is 9.10. The van der Waals surface area contributed by atoms with Crippen LogP contribution in [0.4, 0.5) is 5.82 Å². The molecule has 0 aliphatic carbocycles. The maximum Gasteiger partial charge on any atom is 0.137 e. The number of nitrogens with one attached hydrogen (secondary N) is 1. The first kappa shape index (κ1) is 11.7. The van der Waals surface area contributed by atoms with Gasteiger partial charge in [0.25, 0.3) is 0 Å². The Morgan fingerprint density at radius 2 is 2.36 bits per heavy atom. The molecular formula is C9H13BrN2OS. The maximum absolute atomic E-state index is 11.6. The largest absolute Gasteiger partial charge is 0.289 e. The minimum absolute atomic E-state index is 0.139. The van der Waals surface area contributed by atoms with Gasteiger partial charge in [0.2, 0.25) is 0 Å². The van der Waals surface area contributed by atoms with Gasteiger partial charge in [-0.3, -0.25) is 4.72 Å². The topological polar surface area (TPSA) is 42.0 Å². The first-order valence-corrected chi connectivity index (χ1v) is 6.43. The van der Waals surface area contributed by atoms with Crippen LogP contribution in [0.15, 0.2) is 22.8 Å². The molecule has 1 aromatic rings. The lowest BCUT2D eigenvalue weighted by Crippen LogP contribution is -2.17. The molecule has 0 amide bonds. The lowest BCUT2D eigenvalue weighted by Gasteiger charge is -2.09. The van der Waals surface area contributed by atoms with Gasteiger partial charge in [0.05, 0.1) is 5.25 Å². The fraction of sp³-hybridized carbons (Fsp3) is 0.444. The Kier molecular flexibility index (Phi) is 4.54. The Labute approximate surface area is 95.0 Å². The first-order chi connectivity index (χ1) is 6.63. The SMILES string of the molecule is CCC(C)S(=O)Nc1ccc(Br)cn1. The van der Waals surface area contributed by atoms with Gasteiger partial charge in [-0.1, -0.05) is 6.92 Å². The predicted octanol–water partition coefficient (Wildman–Crippen LogP) is 2.72. The molecule has 0 bridgehead atoms. The molecule has 3 nitrogen and oxygen atoms in total. The van der Waals surface area contributed by atoms with Gasteiger partial charge in [-0.2, -0.15) is 0 Å². The fourth-order valence-corrected chi connectivity index (χ4v) is 1.86. The summed E-state index contributed by atoms with van der Waals surface area (Å²) >= 11 is 3.29. The van der Waals surface area contributed by atoms with Gasteiger partial charge in [-0.15, -0.1) is 0 Å². The van der Waals surface area contributed by atoms with E-state index in [9.17, 15) is 4.21 Å². The van der Waals surface area contributed by atoms with Crippen LogP contribution in [-0.4, -0.2) is 14.4 Å². The molecule has 14 heavy (non-hydrogen) atoms. The van der Waals surface area contributed by atoms with Crippen molar-refractivity contribution in [3.8, 4) is 0 Å². The zero-order valence-electron chi connectivity index (χ0n) is 8.16. The van der Waals surface area contributed by atoms with Gasteiger partial charge >= 0.3 is 0 Å². The summed E-state index contributed by atoms with van der Waals surface area (Å²) in [5.41, 5.74) is 0. The average molecular weight is 277 g/mol. The van der Waals surface area contributed by atoms with Crippen molar-refractivity contribution < 1.29 is 4.21 Å². The third-order valence-corrected chi connectivity index (χ3v) is 3.82. The molecule has 2 atom stereocenters. The minimum atomic E-state index is -1.05. The molecule has 78 valence electrons. The lowest BCUT2D eigenvalue weighted by molar-refractivity contribution is 0.674. The maximum atomic E-state index is 11.6. The summed E-state index contributed by atoms with van der Waals surface area (Å²) in [4.78, 5) is 4.08. The highest BCUT2D eigenvalue weighted by Gasteiger charge is 2.08. The van der Waals surface area contributed by atoms with Crippen LogP contribution in [0.1, 0.15) is 20.3 Å². The highest BCUT2D eigenvalue weighted by Crippen LogP contribution is 2.12. The van der Waals surface area contributed by atoms with E-state index in [2.05, 4.69) is 25.6 Å². The molecule has 0 aromatic carbocycles. The summed E-state index contributed by atoms with van der Waals surface area (Å²) < 4.78 is 15.4. The molecule has 0 spiro atoms. The quantitative estimate of drug-likeness (QED) is 0.919. The Hall–Kier alpha value is -0.420. The van der Waals surface area contributed by atoms with Crippen molar-refractivity contribution in [3.63, 3.8) is 0 Å². The first-order valence-electron chi connectivity index (χ1n) is 4.42. The number of aromatic nitrogens is 1. The Morgan fingerprint density at radius 1 is 1.64 bits per heavy atom. The summed E-state index contributed by atoms with van der Waals surface area (Å²) in [6.45, 7) is 3.96. The Morgan fingerprint density at radius 3 is 2.86 bits per heavy atom. The van der Waals surface area contributed by atoms with E-state index in [1.54, 1.807) is 12.3 Å². The molecule has 2 unspecified atom stereocenters. The second-order valence-corrected chi connectivity index (χ2v) is 5.50. The zero-order chi connectivity index (χ0) is 10.6. The zero-order valence-corrected chi connectivity index (χ0v) is 10.6. The summed E-state index contributed by atoms with van der Waals surface area (Å²) in [6, 6.07) is 3.66. The monoisotopic (exact) mass is 276 g/mol. The van der Waals surface area contributed by atoms with Crippen LogP contribution in [0, 0.1) is 0 Å². The van der Waals surface area contributed by atoms with E-state index in [1.165, 1.54) is 0 Å². The Bertz CT molecular complexity index is 315.